The molecule has 1 aliphatic carbocycles. The number of hydrogen-bond acceptors (Lipinski definition) is 4. The Balaban J connectivity index is 1.59. The second kappa shape index (κ2) is 9.45. The zero-order chi connectivity index (χ0) is 21.7. The Bertz CT molecular complexity index is 847. The monoisotopic (exact) mass is 421 g/mol. The number of hydrogen-bond donors (Lipinski definition) is 1. The van der Waals surface area contributed by atoms with Gasteiger partial charge in [-0.25, -0.2) is 4.98 Å². The molecule has 1 atom stereocenters. The summed E-state index contributed by atoms with van der Waals surface area (Å²) >= 11 is 0. The second-order valence-corrected chi connectivity index (χ2v) is 7.66. The van der Waals surface area contributed by atoms with Crippen molar-refractivity contribution in [1.29, 1.82) is 0 Å². The Labute approximate surface area is 174 Å². The van der Waals surface area contributed by atoms with Crippen molar-refractivity contribution in [2.45, 2.75) is 57.2 Å². The molecule has 1 N–H and O–H groups in total. The fraction of sp³-hybridized carbons (Fsp3) is 0.500. The van der Waals surface area contributed by atoms with Crippen LogP contribution >= 0.6 is 0 Å². The molecule has 8 heteroatoms. The van der Waals surface area contributed by atoms with Crippen LogP contribution in [-0.2, 0) is 6.18 Å². The van der Waals surface area contributed by atoms with E-state index in [1.165, 1.54) is 25.6 Å². The predicted octanol–water partition coefficient (Wildman–Crippen LogP) is 4.99. The zero-order valence-electron chi connectivity index (χ0n) is 17.1. The minimum absolute atomic E-state index is 0.00928. The van der Waals surface area contributed by atoms with E-state index in [4.69, 9.17) is 4.74 Å². The smallest absolute Gasteiger partial charge is 0.416 e. The van der Waals surface area contributed by atoms with Crippen molar-refractivity contribution in [3.05, 3.63) is 53.5 Å². The number of nitrogens with zero attached hydrogens (tertiary/aromatic N) is 2. The van der Waals surface area contributed by atoms with Crippen molar-refractivity contribution in [1.82, 2.24) is 15.3 Å². The molecule has 162 valence electrons. The summed E-state index contributed by atoms with van der Waals surface area (Å²) in [5.74, 6) is 0.563. The molecule has 0 aliphatic heterocycles. The summed E-state index contributed by atoms with van der Waals surface area (Å²) in [7, 11) is 1.51. The fourth-order valence-corrected chi connectivity index (χ4v) is 4.11. The molecular weight excluding hydrogens is 395 g/mol. The number of carbonyl (C=O) groups excluding carboxylic acids is 1. The van der Waals surface area contributed by atoms with E-state index in [-0.39, 0.29) is 23.8 Å². The Morgan fingerprint density at radius 2 is 1.93 bits per heavy atom. The number of amides is 1. The summed E-state index contributed by atoms with van der Waals surface area (Å²) in [6.45, 7) is 2.03. The van der Waals surface area contributed by atoms with Gasteiger partial charge in [-0.3, -0.25) is 9.78 Å². The molecule has 0 radical (unpaired) electrons. The third-order valence-electron chi connectivity index (χ3n) is 5.83. The van der Waals surface area contributed by atoms with Crippen molar-refractivity contribution in [2.75, 3.05) is 7.11 Å². The standard InChI is InChI=1S/C22H26F3N3O2/c1-3-18(28-21(29)16-8-9-20(30-2)27-13-16)14-4-6-15(7-5-14)19-12-17(10-11-26-19)22(23,24)25/h8-15,18H,3-7H2,1-2H3,(H,28,29)/t14?,15?,18-/m0/s1. The third-order valence-corrected chi connectivity index (χ3v) is 5.83. The molecule has 0 spiro atoms. The van der Waals surface area contributed by atoms with Gasteiger partial charge in [0.1, 0.15) is 0 Å². The van der Waals surface area contributed by atoms with Gasteiger partial charge in [0.15, 0.2) is 0 Å². The van der Waals surface area contributed by atoms with E-state index in [1.54, 1.807) is 12.1 Å². The lowest BCUT2D eigenvalue weighted by Crippen LogP contribution is -2.41. The predicted molar refractivity (Wildman–Crippen MR) is 106 cm³/mol. The number of rotatable bonds is 6. The lowest BCUT2D eigenvalue weighted by atomic mass is 9.76. The largest absolute Gasteiger partial charge is 0.481 e. The summed E-state index contributed by atoms with van der Waals surface area (Å²) in [5.41, 5.74) is 0.321. The molecule has 30 heavy (non-hydrogen) atoms. The molecule has 5 nitrogen and oxygen atoms in total. The lowest BCUT2D eigenvalue weighted by molar-refractivity contribution is -0.137. The van der Waals surface area contributed by atoms with Crippen LogP contribution < -0.4 is 10.1 Å². The number of nitrogens with one attached hydrogen (secondary N) is 1. The molecule has 0 bridgehead atoms. The normalized spacial score (nSPS) is 20.4. The molecule has 3 rings (SSSR count). The SMILES string of the molecule is CC[C@H](NC(=O)c1ccc(OC)nc1)C1CCC(c2cc(C(F)(F)F)ccn2)CC1. The van der Waals surface area contributed by atoms with Crippen LogP contribution in [0.1, 0.15) is 66.6 Å². The van der Waals surface area contributed by atoms with Gasteiger partial charge in [-0.15, -0.1) is 0 Å². The number of halogens is 3. The Morgan fingerprint density at radius 1 is 1.20 bits per heavy atom. The van der Waals surface area contributed by atoms with E-state index in [0.29, 0.717) is 17.1 Å². The molecule has 2 aromatic heterocycles. The number of ether oxygens (including phenoxy) is 1. The third kappa shape index (κ3) is 5.29. The number of aromatic nitrogens is 2. The first-order valence-corrected chi connectivity index (χ1v) is 10.2. The van der Waals surface area contributed by atoms with Crippen LogP contribution in [-0.4, -0.2) is 29.0 Å². The van der Waals surface area contributed by atoms with Crippen LogP contribution in [0.5, 0.6) is 5.88 Å². The van der Waals surface area contributed by atoms with Gasteiger partial charge >= 0.3 is 6.18 Å². The molecule has 2 heterocycles. The van der Waals surface area contributed by atoms with Gasteiger partial charge in [0.25, 0.3) is 5.91 Å². The van der Waals surface area contributed by atoms with Gasteiger partial charge < -0.3 is 10.1 Å². The van der Waals surface area contributed by atoms with Crippen LogP contribution in [0.3, 0.4) is 0 Å². The highest BCUT2D eigenvalue weighted by Crippen LogP contribution is 2.38. The minimum Gasteiger partial charge on any atom is -0.481 e. The van der Waals surface area contributed by atoms with E-state index >= 15 is 0 Å². The first kappa shape index (κ1) is 22.1. The number of methoxy groups -OCH3 is 1. The van der Waals surface area contributed by atoms with Crippen LogP contribution in [0, 0.1) is 5.92 Å². The molecule has 1 amide bonds. The Hall–Kier alpha value is -2.64. The zero-order valence-corrected chi connectivity index (χ0v) is 17.1. The van der Waals surface area contributed by atoms with Crippen LogP contribution in [0.25, 0.3) is 0 Å². The maximum atomic E-state index is 13.0. The molecule has 1 saturated carbocycles. The van der Waals surface area contributed by atoms with Crippen molar-refractivity contribution in [3.63, 3.8) is 0 Å². The first-order chi connectivity index (χ1) is 14.3. The molecule has 0 aromatic carbocycles. The van der Waals surface area contributed by atoms with Crippen molar-refractivity contribution < 1.29 is 22.7 Å². The maximum absolute atomic E-state index is 13.0. The lowest BCUT2D eigenvalue weighted by Gasteiger charge is -2.34. The quantitative estimate of drug-likeness (QED) is 0.714. The number of alkyl halides is 3. The summed E-state index contributed by atoms with van der Waals surface area (Å²) < 4.78 is 43.9. The molecule has 1 fully saturated rings. The summed E-state index contributed by atoms with van der Waals surface area (Å²) in [6, 6.07) is 5.50. The molecule has 0 saturated heterocycles. The van der Waals surface area contributed by atoms with Gasteiger partial charge in [0.2, 0.25) is 5.88 Å². The van der Waals surface area contributed by atoms with Crippen LogP contribution in [0.15, 0.2) is 36.7 Å². The number of carbonyl (C=O) groups is 1. The first-order valence-electron chi connectivity index (χ1n) is 10.2. The maximum Gasteiger partial charge on any atom is 0.416 e. The average molecular weight is 421 g/mol. The second-order valence-electron chi connectivity index (χ2n) is 7.66. The van der Waals surface area contributed by atoms with Crippen molar-refractivity contribution in [3.8, 4) is 5.88 Å². The van der Waals surface area contributed by atoms with E-state index in [0.717, 1.165) is 38.2 Å². The van der Waals surface area contributed by atoms with Crippen molar-refractivity contribution >= 4 is 5.91 Å². The van der Waals surface area contributed by atoms with Crippen LogP contribution in [0.2, 0.25) is 0 Å². The summed E-state index contributed by atoms with van der Waals surface area (Å²) in [4.78, 5) is 20.8. The fourth-order valence-electron chi connectivity index (χ4n) is 4.11. The van der Waals surface area contributed by atoms with Gasteiger partial charge in [-0.05, 0) is 56.2 Å². The topological polar surface area (TPSA) is 64.1 Å². The van der Waals surface area contributed by atoms with Crippen molar-refractivity contribution in [2.24, 2.45) is 5.92 Å². The van der Waals surface area contributed by atoms with E-state index in [2.05, 4.69) is 15.3 Å². The highest BCUT2D eigenvalue weighted by molar-refractivity contribution is 5.94. The molecule has 2 aromatic rings. The van der Waals surface area contributed by atoms with Gasteiger partial charge in [0.05, 0.1) is 18.2 Å². The summed E-state index contributed by atoms with van der Waals surface area (Å²) in [5, 5.41) is 3.09. The average Bonchev–Trinajstić information content (AvgIpc) is 2.77. The van der Waals surface area contributed by atoms with E-state index < -0.39 is 11.7 Å². The van der Waals surface area contributed by atoms with Gasteiger partial charge in [0, 0.05) is 36.1 Å². The van der Waals surface area contributed by atoms with Crippen LogP contribution in [0.4, 0.5) is 13.2 Å². The highest BCUT2D eigenvalue weighted by atomic mass is 19.4. The van der Waals surface area contributed by atoms with Gasteiger partial charge in [-0.1, -0.05) is 6.92 Å². The number of pyridine rings is 2. The Kier molecular flexibility index (Phi) is 6.95. The molecular formula is C22H26F3N3O2. The highest BCUT2D eigenvalue weighted by Gasteiger charge is 2.33. The molecule has 0 unspecified atom stereocenters. The minimum atomic E-state index is -4.36. The summed E-state index contributed by atoms with van der Waals surface area (Å²) in [6.07, 6.45) is 2.34. The van der Waals surface area contributed by atoms with Gasteiger partial charge in [-0.2, -0.15) is 13.2 Å². The van der Waals surface area contributed by atoms with E-state index in [9.17, 15) is 18.0 Å². The molecule has 1 aliphatic rings. The Morgan fingerprint density at radius 3 is 2.50 bits per heavy atom. The van der Waals surface area contributed by atoms with E-state index in [1.807, 2.05) is 6.92 Å².